The molecular formula is C15H19N5O3. The molecule has 0 bridgehead atoms. The van der Waals surface area contributed by atoms with E-state index < -0.39 is 11.2 Å². The number of aromatic nitrogens is 3. The highest BCUT2D eigenvalue weighted by atomic mass is 16.2. The first-order chi connectivity index (χ1) is 11.0. The van der Waals surface area contributed by atoms with Crippen LogP contribution in [0.15, 0.2) is 15.7 Å². The summed E-state index contributed by atoms with van der Waals surface area (Å²) >= 11 is 0. The number of carbonyl (C=O) groups is 1. The molecule has 1 saturated heterocycles. The van der Waals surface area contributed by atoms with Crippen molar-refractivity contribution >= 4 is 16.9 Å². The standard InChI is InChI=1S/C15H19N5O3/c1-7-5-10(13(21)18-9-3-4-16-6-8(9)2)17-12-11(7)14(22)20-15(23)19-12/h5,8-9,16H,3-4,6H2,1-2H3,(H,18,21)(H2,17,19,20,22,23). The molecule has 1 amide bonds. The summed E-state index contributed by atoms with van der Waals surface area (Å²) in [7, 11) is 0. The van der Waals surface area contributed by atoms with E-state index in [1.165, 1.54) is 0 Å². The number of aryl methyl sites for hydroxylation is 1. The van der Waals surface area contributed by atoms with Gasteiger partial charge in [-0.05, 0) is 44.0 Å². The SMILES string of the molecule is Cc1cc(C(=O)NC2CCNCC2C)nc2[nH]c(=O)[nH]c(=O)c12. The number of piperidine rings is 1. The lowest BCUT2D eigenvalue weighted by molar-refractivity contribution is 0.0909. The monoisotopic (exact) mass is 317 g/mol. The van der Waals surface area contributed by atoms with Gasteiger partial charge in [0.15, 0.2) is 0 Å². The Kier molecular flexibility index (Phi) is 3.99. The number of nitrogens with zero attached hydrogens (tertiary/aromatic N) is 1. The van der Waals surface area contributed by atoms with Gasteiger partial charge in [0, 0.05) is 6.04 Å². The lowest BCUT2D eigenvalue weighted by Gasteiger charge is -2.30. The number of nitrogens with one attached hydrogen (secondary N) is 4. The van der Waals surface area contributed by atoms with E-state index in [9.17, 15) is 14.4 Å². The molecule has 2 aromatic heterocycles. The van der Waals surface area contributed by atoms with Crippen molar-refractivity contribution in [2.45, 2.75) is 26.3 Å². The maximum atomic E-state index is 12.5. The van der Waals surface area contributed by atoms with E-state index >= 15 is 0 Å². The fraction of sp³-hybridized carbons (Fsp3) is 0.467. The fourth-order valence-electron chi connectivity index (χ4n) is 2.94. The van der Waals surface area contributed by atoms with E-state index in [0.29, 0.717) is 11.5 Å². The van der Waals surface area contributed by atoms with Crippen LogP contribution in [-0.4, -0.2) is 40.0 Å². The third kappa shape index (κ3) is 3.02. The zero-order chi connectivity index (χ0) is 16.6. The van der Waals surface area contributed by atoms with Crippen LogP contribution in [0, 0.1) is 12.8 Å². The summed E-state index contributed by atoms with van der Waals surface area (Å²) in [5.74, 6) is 0.0341. The highest BCUT2D eigenvalue weighted by molar-refractivity contribution is 5.95. The number of fused-ring (bicyclic) bond motifs is 1. The average molecular weight is 317 g/mol. The molecule has 2 atom stereocenters. The molecule has 0 aromatic carbocycles. The molecule has 0 radical (unpaired) electrons. The molecule has 8 heteroatoms. The number of hydrogen-bond donors (Lipinski definition) is 4. The molecule has 1 fully saturated rings. The third-order valence-electron chi connectivity index (χ3n) is 4.24. The highest BCUT2D eigenvalue weighted by Gasteiger charge is 2.24. The molecule has 3 heterocycles. The minimum Gasteiger partial charge on any atom is -0.348 e. The number of hydrogen-bond acceptors (Lipinski definition) is 5. The van der Waals surface area contributed by atoms with Gasteiger partial charge >= 0.3 is 5.69 Å². The summed E-state index contributed by atoms with van der Waals surface area (Å²) in [4.78, 5) is 44.5. The smallest absolute Gasteiger partial charge is 0.327 e. The second-order valence-electron chi connectivity index (χ2n) is 6.01. The van der Waals surface area contributed by atoms with Crippen LogP contribution in [0.1, 0.15) is 29.4 Å². The van der Waals surface area contributed by atoms with Crippen molar-refractivity contribution in [2.75, 3.05) is 13.1 Å². The summed E-state index contributed by atoms with van der Waals surface area (Å²) < 4.78 is 0. The molecule has 0 spiro atoms. The third-order valence-corrected chi connectivity index (χ3v) is 4.24. The van der Waals surface area contributed by atoms with E-state index in [4.69, 9.17) is 0 Å². The van der Waals surface area contributed by atoms with Gasteiger partial charge in [0.1, 0.15) is 11.3 Å². The molecule has 8 nitrogen and oxygen atoms in total. The lowest BCUT2D eigenvalue weighted by atomic mass is 9.95. The van der Waals surface area contributed by atoms with Gasteiger partial charge in [-0.25, -0.2) is 9.78 Å². The number of aromatic amines is 2. The van der Waals surface area contributed by atoms with E-state index in [1.807, 2.05) is 0 Å². The van der Waals surface area contributed by atoms with E-state index in [1.54, 1.807) is 13.0 Å². The van der Waals surface area contributed by atoms with Crippen LogP contribution in [0.2, 0.25) is 0 Å². The molecule has 122 valence electrons. The van der Waals surface area contributed by atoms with Crippen LogP contribution < -0.4 is 21.9 Å². The minimum atomic E-state index is -0.640. The van der Waals surface area contributed by atoms with Gasteiger partial charge in [0.05, 0.1) is 5.39 Å². The van der Waals surface area contributed by atoms with Crippen molar-refractivity contribution in [2.24, 2.45) is 5.92 Å². The van der Waals surface area contributed by atoms with Gasteiger partial charge in [0.25, 0.3) is 11.5 Å². The zero-order valence-corrected chi connectivity index (χ0v) is 13.0. The van der Waals surface area contributed by atoms with Gasteiger partial charge < -0.3 is 10.6 Å². The van der Waals surface area contributed by atoms with Crippen LogP contribution in [0.4, 0.5) is 0 Å². The summed E-state index contributed by atoms with van der Waals surface area (Å²) in [6.07, 6.45) is 0.857. The van der Waals surface area contributed by atoms with Crippen LogP contribution in [0.25, 0.3) is 11.0 Å². The average Bonchev–Trinajstić information content (AvgIpc) is 2.48. The highest BCUT2D eigenvalue weighted by Crippen LogP contribution is 2.14. The van der Waals surface area contributed by atoms with Gasteiger partial charge in [0.2, 0.25) is 0 Å². The van der Waals surface area contributed by atoms with Gasteiger partial charge in [-0.15, -0.1) is 0 Å². The second kappa shape index (κ2) is 5.96. The number of rotatable bonds is 2. The topological polar surface area (TPSA) is 120 Å². The second-order valence-corrected chi connectivity index (χ2v) is 6.01. The van der Waals surface area contributed by atoms with Crippen molar-refractivity contribution in [1.29, 1.82) is 0 Å². The molecule has 3 rings (SSSR count). The Bertz CT molecular complexity index is 870. The predicted molar refractivity (Wildman–Crippen MR) is 85.6 cm³/mol. The van der Waals surface area contributed by atoms with Crippen LogP contribution in [0.3, 0.4) is 0 Å². The normalized spacial score (nSPS) is 21.3. The first-order valence-electron chi connectivity index (χ1n) is 7.61. The minimum absolute atomic E-state index is 0.0831. The van der Waals surface area contributed by atoms with E-state index in [2.05, 4.69) is 32.5 Å². The maximum absolute atomic E-state index is 12.5. The summed E-state index contributed by atoms with van der Waals surface area (Å²) in [6.45, 7) is 5.51. The Morgan fingerprint density at radius 1 is 1.35 bits per heavy atom. The zero-order valence-electron chi connectivity index (χ0n) is 13.0. The Hall–Kier alpha value is -2.48. The summed E-state index contributed by atoms with van der Waals surface area (Å²) in [5.41, 5.74) is -0.230. The Morgan fingerprint density at radius 2 is 2.13 bits per heavy atom. The predicted octanol–water partition coefficient (Wildman–Crippen LogP) is -0.352. The Labute approximate surface area is 131 Å². The number of H-pyrrole nitrogens is 2. The quantitative estimate of drug-likeness (QED) is 0.603. The van der Waals surface area contributed by atoms with Crippen molar-refractivity contribution < 1.29 is 4.79 Å². The molecule has 1 aliphatic rings. The van der Waals surface area contributed by atoms with Crippen molar-refractivity contribution in [3.8, 4) is 0 Å². The number of carbonyl (C=O) groups excluding carboxylic acids is 1. The molecule has 0 aliphatic carbocycles. The first-order valence-corrected chi connectivity index (χ1v) is 7.61. The van der Waals surface area contributed by atoms with Crippen molar-refractivity contribution in [3.63, 3.8) is 0 Å². The largest absolute Gasteiger partial charge is 0.348 e. The van der Waals surface area contributed by atoms with Gasteiger partial charge in [-0.3, -0.25) is 19.6 Å². The molecular weight excluding hydrogens is 298 g/mol. The maximum Gasteiger partial charge on any atom is 0.327 e. The summed E-state index contributed by atoms with van der Waals surface area (Å²) in [6, 6.07) is 1.65. The Balaban J connectivity index is 1.95. The number of pyridine rings is 1. The molecule has 2 aromatic rings. The van der Waals surface area contributed by atoms with Crippen LogP contribution >= 0.6 is 0 Å². The van der Waals surface area contributed by atoms with Gasteiger partial charge in [-0.2, -0.15) is 0 Å². The number of amides is 1. The van der Waals surface area contributed by atoms with Crippen LogP contribution in [0.5, 0.6) is 0 Å². The van der Waals surface area contributed by atoms with Crippen molar-refractivity contribution in [1.82, 2.24) is 25.6 Å². The molecule has 23 heavy (non-hydrogen) atoms. The van der Waals surface area contributed by atoms with E-state index in [0.717, 1.165) is 19.5 Å². The molecule has 0 saturated carbocycles. The lowest BCUT2D eigenvalue weighted by Crippen LogP contribution is -2.48. The van der Waals surface area contributed by atoms with Crippen LogP contribution in [-0.2, 0) is 0 Å². The first kappa shape index (κ1) is 15.4. The Morgan fingerprint density at radius 3 is 2.87 bits per heavy atom. The van der Waals surface area contributed by atoms with Gasteiger partial charge in [-0.1, -0.05) is 6.92 Å². The fourth-order valence-corrected chi connectivity index (χ4v) is 2.94. The molecule has 4 N–H and O–H groups in total. The molecule has 2 unspecified atom stereocenters. The molecule has 1 aliphatic heterocycles. The summed E-state index contributed by atoms with van der Waals surface area (Å²) in [5, 5.41) is 6.55. The van der Waals surface area contributed by atoms with Crippen molar-refractivity contribution in [3.05, 3.63) is 38.2 Å². The van der Waals surface area contributed by atoms with E-state index in [-0.39, 0.29) is 28.7 Å².